The first kappa shape index (κ1) is 15.1. The van der Waals surface area contributed by atoms with E-state index in [9.17, 15) is 4.79 Å². The van der Waals surface area contributed by atoms with Crippen LogP contribution >= 0.6 is 0 Å². The zero-order chi connectivity index (χ0) is 16.4. The summed E-state index contributed by atoms with van der Waals surface area (Å²) in [6, 6.07) is 18.8. The standard InChI is InChI=1S/C20H19NO2/c1-13(2)23-18-12-11-14-7-3-4-8-15(14)19(18)20(22)16-9-5-6-10-17(16)21/h3-13H,21H2,1-2H3. The van der Waals surface area contributed by atoms with Crippen LogP contribution in [0.4, 0.5) is 5.69 Å². The van der Waals surface area contributed by atoms with E-state index in [-0.39, 0.29) is 11.9 Å². The monoisotopic (exact) mass is 305 g/mol. The maximum absolute atomic E-state index is 13.1. The van der Waals surface area contributed by atoms with Crippen molar-refractivity contribution in [2.45, 2.75) is 20.0 Å². The molecule has 3 aromatic carbocycles. The molecule has 0 aliphatic rings. The second-order valence-corrected chi connectivity index (χ2v) is 5.74. The Morgan fingerprint density at radius 2 is 1.65 bits per heavy atom. The first-order chi connectivity index (χ1) is 11.1. The van der Waals surface area contributed by atoms with Crippen LogP contribution in [0.25, 0.3) is 10.8 Å². The van der Waals surface area contributed by atoms with Crippen molar-refractivity contribution >= 4 is 22.2 Å². The molecule has 116 valence electrons. The van der Waals surface area contributed by atoms with E-state index in [2.05, 4.69) is 0 Å². The summed E-state index contributed by atoms with van der Waals surface area (Å²) in [7, 11) is 0. The fourth-order valence-corrected chi connectivity index (χ4v) is 2.68. The Bertz CT molecular complexity index is 868. The lowest BCUT2D eigenvalue weighted by atomic mass is 9.95. The summed E-state index contributed by atoms with van der Waals surface area (Å²) in [4.78, 5) is 13.1. The van der Waals surface area contributed by atoms with Gasteiger partial charge in [0, 0.05) is 11.3 Å². The molecule has 2 N–H and O–H groups in total. The van der Waals surface area contributed by atoms with Crippen molar-refractivity contribution in [2.75, 3.05) is 5.73 Å². The number of ether oxygens (including phenoxy) is 1. The maximum atomic E-state index is 13.1. The molecule has 0 atom stereocenters. The first-order valence-electron chi connectivity index (χ1n) is 7.65. The molecule has 0 aliphatic heterocycles. The molecule has 0 fully saturated rings. The van der Waals surface area contributed by atoms with Gasteiger partial charge in [-0.2, -0.15) is 0 Å². The van der Waals surface area contributed by atoms with Crippen LogP contribution in [0.15, 0.2) is 60.7 Å². The molecule has 0 spiro atoms. The molecule has 3 heteroatoms. The fraction of sp³-hybridized carbons (Fsp3) is 0.150. The second kappa shape index (κ2) is 6.13. The SMILES string of the molecule is CC(C)Oc1ccc2ccccc2c1C(=O)c1ccccc1N. The lowest BCUT2D eigenvalue weighted by molar-refractivity contribution is 0.103. The highest BCUT2D eigenvalue weighted by atomic mass is 16.5. The summed E-state index contributed by atoms with van der Waals surface area (Å²) in [5.74, 6) is 0.475. The van der Waals surface area contributed by atoms with Crippen LogP contribution in [0.3, 0.4) is 0 Å². The van der Waals surface area contributed by atoms with Crippen molar-refractivity contribution in [2.24, 2.45) is 0 Å². The Morgan fingerprint density at radius 3 is 2.39 bits per heavy atom. The Kier molecular flexibility index (Phi) is 4.02. The first-order valence-corrected chi connectivity index (χ1v) is 7.65. The number of carbonyl (C=O) groups excluding carboxylic acids is 1. The third kappa shape index (κ3) is 2.90. The molecule has 0 bridgehead atoms. The number of benzene rings is 3. The lowest BCUT2D eigenvalue weighted by Crippen LogP contribution is -2.12. The van der Waals surface area contributed by atoms with Gasteiger partial charge in [0.2, 0.25) is 0 Å². The Balaban J connectivity index is 2.25. The highest BCUT2D eigenvalue weighted by Crippen LogP contribution is 2.32. The number of rotatable bonds is 4. The molecule has 3 aromatic rings. The van der Waals surface area contributed by atoms with Gasteiger partial charge in [0.25, 0.3) is 0 Å². The van der Waals surface area contributed by atoms with Crippen molar-refractivity contribution in [3.63, 3.8) is 0 Å². The van der Waals surface area contributed by atoms with E-state index in [1.54, 1.807) is 12.1 Å². The van der Waals surface area contributed by atoms with Crippen LogP contribution in [0.2, 0.25) is 0 Å². The summed E-state index contributed by atoms with van der Waals surface area (Å²) in [6.45, 7) is 3.89. The van der Waals surface area contributed by atoms with Gasteiger partial charge in [-0.15, -0.1) is 0 Å². The molecule has 0 saturated heterocycles. The van der Waals surface area contributed by atoms with Gasteiger partial charge >= 0.3 is 0 Å². The van der Waals surface area contributed by atoms with Crippen LogP contribution in [0.1, 0.15) is 29.8 Å². The van der Waals surface area contributed by atoms with Crippen LogP contribution < -0.4 is 10.5 Å². The summed E-state index contributed by atoms with van der Waals surface area (Å²) in [5, 5.41) is 1.88. The number of carbonyl (C=O) groups is 1. The quantitative estimate of drug-likeness (QED) is 0.572. The summed E-state index contributed by atoms with van der Waals surface area (Å²) >= 11 is 0. The molecule has 3 rings (SSSR count). The number of anilines is 1. The predicted octanol–water partition coefficient (Wildman–Crippen LogP) is 4.44. The highest BCUT2D eigenvalue weighted by molar-refractivity contribution is 6.20. The van der Waals surface area contributed by atoms with Crippen molar-refractivity contribution < 1.29 is 9.53 Å². The van der Waals surface area contributed by atoms with Crippen LogP contribution in [0, 0.1) is 0 Å². The predicted molar refractivity (Wildman–Crippen MR) is 94.0 cm³/mol. The zero-order valence-corrected chi connectivity index (χ0v) is 13.2. The van der Waals surface area contributed by atoms with Crippen LogP contribution in [0.5, 0.6) is 5.75 Å². The van der Waals surface area contributed by atoms with Gasteiger partial charge in [-0.1, -0.05) is 42.5 Å². The second-order valence-electron chi connectivity index (χ2n) is 5.74. The van der Waals surface area contributed by atoms with Gasteiger partial charge in [0.05, 0.1) is 11.7 Å². The molecule has 0 aromatic heterocycles. The summed E-state index contributed by atoms with van der Waals surface area (Å²) in [5.41, 5.74) is 7.53. The van der Waals surface area contributed by atoms with Gasteiger partial charge in [0.15, 0.2) is 5.78 Å². The fourth-order valence-electron chi connectivity index (χ4n) is 2.68. The molecule has 0 heterocycles. The third-order valence-corrected chi connectivity index (χ3v) is 3.69. The van der Waals surface area contributed by atoms with Crippen molar-refractivity contribution in [1.82, 2.24) is 0 Å². The number of nitrogen functional groups attached to an aromatic ring is 1. The van der Waals surface area contributed by atoms with Crippen molar-refractivity contribution in [1.29, 1.82) is 0 Å². The molecule has 0 aliphatic carbocycles. The van der Waals surface area contributed by atoms with E-state index < -0.39 is 0 Å². The molecule has 3 nitrogen and oxygen atoms in total. The maximum Gasteiger partial charge on any atom is 0.199 e. The van der Waals surface area contributed by atoms with E-state index in [1.807, 2.05) is 62.4 Å². The molecular formula is C20H19NO2. The van der Waals surface area contributed by atoms with Crippen LogP contribution in [-0.2, 0) is 0 Å². The van der Waals surface area contributed by atoms with Gasteiger partial charge in [-0.3, -0.25) is 4.79 Å². The number of hydrogen-bond donors (Lipinski definition) is 1. The van der Waals surface area contributed by atoms with Gasteiger partial charge in [0.1, 0.15) is 5.75 Å². The van der Waals surface area contributed by atoms with E-state index in [0.717, 1.165) is 10.8 Å². The molecule has 0 radical (unpaired) electrons. The van der Waals surface area contributed by atoms with E-state index in [0.29, 0.717) is 22.6 Å². The number of para-hydroxylation sites is 1. The van der Waals surface area contributed by atoms with E-state index >= 15 is 0 Å². The summed E-state index contributed by atoms with van der Waals surface area (Å²) in [6.07, 6.45) is -0.0177. The molecular weight excluding hydrogens is 286 g/mol. The molecule has 0 saturated carbocycles. The smallest absolute Gasteiger partial charge is 0.199 e. The Hall–Kier alpha value is -2.81. The number of ketones is 1. The number of hydrogen-bond acceptors (Lipinski definition) is 3. The van der Waals surface area contributed by atoms with Gasteiger partial charge < -0.3 is 10.5 Å². The minimum absolute atomic E-state index is 0.0177. The molecule has 0 unspecified atom stereocenters. The number of nitrogens with two attached hydrogens (primary N) is 1. The topological polar surface area (TPSA) is 52.3 Å². The minimum Gasteiger partial charge on any atom is -0.490 e. The van der Waals surface area contributed by atoms with Crippen molar-refractivity contribution in [3.05, 3.63) is 71.8 Å². The van der Waals surface area contributed by atoms with Gasteiger partial charge in [-0.25, -0.2) is 0 Å². The minimum atomic E-state index is -0.115. The zero-order valence-electron chi connectivity index (χ0n) is 13.2. The summed E-state index contributed by atoms with van der Waals surface area (Å²) < 4.78 is 5.87. The Labute approximate surface area is 135 Å². The molecule has 0 amide bonds. The number of fused-ring (bicyclic) bond motifs is 1. The van der Waals surface area contributed by atoms with Crippen molar-refractivity contribution in [3.8, 4) is 5.75 Å². The average molecular weight is 305 g/mol. The van der Waals surface area contributed by atoms with Crippen LogP contribution in [-0.4, -0.2) is 11.9 Å². The normalized spacial score (nSPS) is 10.9. The van der Waals surface area contributed by atoms with Gasteiger partial charge in [-0.05, 0) is 42.8 Å². The lowest BCUT2D eigenvalue weighted by Gasteiger charge is -2.16. The Morgan fingerprint density at radius 1 is 0.957 bits per heavy atom. The van der Waals surface area contributed by atoms with E-state index in [4.69, 9.17) is 10.5 Å². The highest BCUT2D eigenvalue weighted by Gasteiger charge is 2.20. The van der Waals surface area contributed by atoms with E-state index in [1.165, 1.54) is 0 Å². The molecule has 23 heavy (non-hydrogen) atoms. The third-order valence-electron chi connectivity index (χ3n) is 3.69. The largest absolute Gasteiger partial charge is 0.490 e. The average Bonchev–Trinajstić information content (AvgIpc) is 2.54.